The molecule has 0 saturated heterocycles. The van der Waals surface area contributed by atoms with E-state index in [2.05, 4.69) is 0 Å². The van der Waals surface area contributed by atoms with Crippen molar-refractivity contribution >= 4 is 55.2 Å². The predicted octanol–water partition coefficient (Wildman–Crippen LogP) is 13.7. The van der Waals surface area contributed by atoms with Gasteiger partial charge in [-0.25, -0.2) is 0 Å². The fourth-order valence-corrected chi connectivity index (χ4v) is 6.24. The molecular formula is C48H31ClN2O. The molecule has 0 fully saturated rings. The van der Waals surface area contributed by atoms with Crippen LogP contribution in [0.3, 0.4) is 0 Å². The Morgan fingerprint density at radius 2 is 0.846 bits per heavy atom. The predicted molar refractivity (Wildman–Crippen MR) is 218 cm³/mol. The number of hydrogen-bond donors (Lipinski definition) is 0. The highest BCUT2D eigenvalue weighted by molar-refractivity contribution is 6.31. The number of rotatable bonds is 6. The molecule has 2 heterocycles. The molecule has 0 bridgehead atoms. The zero-order valence-corrected chi connectivity index (χ0v) is 26.7. The molecule has 0 saturated carbocycles. The fraction of sp³-hybridized carbons (Fsp3) is 0. The Morgan fingerprint density at radius 3 is 1.37 bits per heavy atom. The Hall–Kier alpha value is -6.55. The lowest BCUT2D eigenvalue weighted by Gasteiger charge is -2.16. The van der Waals surface area contributed by atoms with E-state index in [1.54, 1.807) is 0 Å². The van der Waals surface area contributed by atoms with Crippen LogP contribution in [0, 0.1) is 0 Å². The minimum atomic E-state index is -1.04. The monoisotopic (exact) mass is 714 g/mol. The molecule has 0 aliphatic rings. The highest BCUT2D eigenvalue weighted by atomic mass is 35.5. The van der Waals surface area contributed by atoms with Crippen molar-refractivity contribution in [3.8, 4) is 45.1 Å². The Balaban J connectivity index is 1.28. The van der Waals surface area contributed by atoms with E-state index in [0.29, 0.717) is 0 Å². The zero-order chi connectivity index (χ0) is 59.0. The summed E-state index contributed by atoms with van der Waals surface area (Å²) in [6.07, 6.45) is 0. The van der Waals surface area contributed by atoms with Crippen LogP contribution in [0.5, 0.6) is 11.5 Å². The normalized spacial score (nSPS) is 19.1. The summed E-state index contributed by atoms with van der Waals surface area (Å²) >= 11 is 6.73. The number of fused-ring (bicyclic) bond motifs is 6. The first-order chi connectivity index (χ1) is 37.3. The maximum absolute atomic E-state index is 9.62. The van der Waals surface area contributed by atoms with Crippen molar-refractivity contribution < 1.29 is 43.1 Å². The van der Waals surface area contributed by atoms with Gasteiger partial charge in [-0.05, 0) is 77.7 Å². The average Bonchev–Trinajstić information content (AvgIpc) is 3.75. The summed E-state index contributed by atoms with van der Waals surface area (Å²) in [5.41, 5.74) is -6.13. The van der Waals surface area contributed by atoms with Gasteiger partial charge in [-0.15, -0.1) is 0 Å². The highest BCUT2D eigenvalue weighted by Gasteiger charge is 2.18. The minimum absolute atomic E-state index is 0.285. The van der Waals surface area contributed by atoms with Crippen LogP contribution in [0.2, 0.25) is 5.02 Å². The molecule has 0 aliphatic heterocycles. The second kappa shape index (κ2) is 12.3. The molecule has 2 aromatic heterocycles. The van der Waals surface area contributed by atoms with Crippen molar-refractivity contribution in [2.45, 2.75) is 0 Å². The van der Waals surface area contributed by atoms with Crippen molar-refractivity contribution in [1.82, 2.24) is 9.13 Å². The third-order valence-electron chi connectivity index (χ3n) is 8.08. The van der Waals surface area contributed by atoms with Crippen LogP contribution >= 0.6 is 11.6 Å². The lowest BCUT2D eigenvalue weighted by atomic mass is 10.0. The van der Waals surface area contributed by atoms with Gasteiger partial charge in [-0.3, -0.25) is 0 Å². The van der Waals surface area contributed by atoms with E-state index in [4.69, 9.17) is 46.5 Å². The van der Waals surface area contributed by atoms with Crippen LogP contribution in [0.25, 0.3) is 77.2 Å². The number of nitrogens with zero attached hydrogens (tertiary/aromatic N) is 2. The number of halogens is 1. The molecule has 10 rings (SSSR count). The highest BCUT2D eigenvalue weighted by Crippen LogP contribution is 2.40. The fourth-order valence-electron chi connectivity index (χ4n) is 6.01. The summed E-state index contributed by atoms with van der Waals surface area (Å²) in [6.45, 7) is 0. The maximum Gasteiger partial charge on any atom is 0.129 e. The van der Waals surface area contributed by atoms with Gasteiger partial charge in [0.25, 0.3) is 0 Å². The lowest BCUT2D eigenvalue weighted by Crippen LogP contribution is -1.97. The van der Waals surface area contributed by atoms with Crippen LogP contribution in [0.4, 0.5) is 0 Å². The van der Waals surface area contributed by atoms with Crippen molar-refractivity contribution in [3.05, 3.63) is 192 Å². The molecule has 8 aromatic carbocycles. The molecule has 0 unspecified atom stereocenters. The summed E-state index contributed by atoms with van der Waals surface area (Å²) in [5, 5.41) is -2.11. The Labute approximate surface area is 345 Å². The third kappa shape index (κ3) is 4.98. The molecule has 10 aromatic rings. The van der Waals surface area contributed by atoms with Crippen LogP contribution in [-0.4, -0.2) is 9.13 Å². The van der Waals surface area contributed by atoms with Crippen molar-refractivity contribution in [2.75, 3.05) is 0 Å². The van der Waals surface area contributed by atoms with E-state index < -0.39 is 252 Å². The van der Waals surface area contributed by atoms with Gasteiger partial charge in [-0.1, -0.05) is 132 Å². The van der Waals surface area contributed by atoms with E-state index >= 15 is 0 Å². The van der Waals surface area contributed by atoms with Gasteiger partial charge in [0, 0.05) is 37.7 Å². The van der Waals surface area contributed by atoms with Gasteiger partial charge in [0.1, 0.15) is 11.5 Å². The molecule has 4 heteroatoms. The van der Waals surface area contributed by atoms with E-state index in [1.165, 1.54) is 0 Å². The summed E-state index contributed by atoms with van der Waals surface area (Å²) in [5.74, 6) is -1.39. The van der Waals surface area contributed by atoms with Crippen LogP contribution in [0.1, 0.15) is 38.4 Å². The number of hydrogen-bond acceptors (Lipinski definition) is 1. The molecule has 3 nitrogen and oxygen atoms in total. The van der Waals surface area contributed by atoms with Crippen molar-refractivity contribution in [3.63, 3.8) is 0 Å². The molecule has 0 aliphatic carbocycles. The van der Waals surface area contributed by atoms with Gasteiger partial charge in [0.2, 0.25) is 0 Å². The standard InChI is InChI=1S/C48H31ClN2O/c49-34-28-33(38-17-2-8-23-44(38)51-47-26-11-5-20-41(47)42-21-6-12-27-48(42)51)30-36(31-34)52-35-15-13-14-32(29-35)37-16-1-7-22-43(37)50-45-24-9-3-18-39(45)40-19-4-10-25-46(40)50/h1-31H/i1D,2D,3D,4D,5D,6D,7D,8D,9D,10D,11D,12D,13D,14D,15D,16D,17D,18D,19D,20D,21D,22D,23D,24D,25D,26D,27D,29D. The molecule has 246 valence electrons. The molecule has 52 heavy (non-hydrogen) atoms. The van der Waals surface area contributed by atoms with Gasteiger partial charge >= 0.3 is 0 Å². The quantitative estimate of drug-likeness (QED) is 0.168. The van der Waals surface area contributed by atoms with Crippen LogP contribution in [-0.2, 0) is 0 Å². The largest absolute Gasteiger partial charge is 0.457 e. The zero-order valence-electron chi connectivity index (χ0n) is 53.9. The molecule has 0 amide bonds. The molecule has 0 atom stereocenters. The maximum atomic E-state index is 9.62. The Morgan fingerprint density at radius 1 is 0.404 bits per heavy atom. The topological polar surface area (TPSA) is 19.1 Å². The van der Waals surface area contributed by atoms with Crippen molar-refractivity contribution in [2.24, 2.45) is 0 Å². The number of benzene rings is 8. The SMILES string of the molecule is [2H]c1c([2H])c(Oc2cc(Cl)cc(-c3c([2H])c([2H])c([2H])c([2H])c3-n3c4c([2H])c([2H])c([2H])c([2H])c4c4c([2H])c([2H])c([2H])c([2H])c43)c2)c([2H])c(-c2c([2H])c([2H])c([2H])c([2H])c2-n2c3c([2H])c([2H])c([2H])c([2H])c3c3c([2H])c([2H])c([2H])c([2H])c32)c1[2H]. The first-order valence-electron chi connectivity index (χ1n) is 29.2. The average molecular weight is 715 g/mol. The Bertz CT molecular complexity index is 4410. The summed E-state index contributed by atoms with van der Waals surface area (Å²) in [6, 6.07) is -21.4. The first kappa shape index (κ1) is 13.2. The summed E-state index contributed by atoms with van der Waals surface area (Å²) in [7, 11) is 0. The van der Waals surface area contributed by atoms with E-state index in [9.17, 15) is 8.22 Å². The van der Waals surface area contributed by atoms with Gasteiger partial charge in [0.15, 0.2) is 0 Å². The van der Waals surface area contributed by atoms with Gasteiger partial charge in [-0.2, -0.15) is 0 Å². The number of aromatic nitrogens is 2. The number of ether oxygens (including phenoxy) is 1. The van der Waals surface area contributed by atoms with Crippen LogP contribution < -0.4 is 4.74 Å². The Kier molecular flexibility index (Phi) is 3.14. The minimum Gasteiger partial charge on any atom is -0.457 e. The molecule has 0 radical (unpaired) electrons. The summed E-state index contributed by atoms with van der Waals surface area (Å²) < 4.78 is 257. The second-order valence-electron chi connectivity index (χ2n) is 11.0. The first-order valence-corrected chi connectivity index (χ1v) is 15.5. The van der Waals surface area contributed by atoms with E-state index in [1.807, 2.05) is 0 Å². The van der Waals surface area contributed by atoms with Gasteiger partial charge in [0.05, 0.1) is 71.8 Å². The lowest BCUT2D eigenvalue weighted by molar-refractivity contribution is 0.483. The molecule has 0 spiro atoms. The molecular weight excluding hydrogens is 656 g/mol. The van der Waals surface area contributed by atoms with E-state index in [0.717, 1.165) is 27.3 Å². The molecule has 0 N–H and O–H groups in total. The van der Waals surface area contributed by atoms with Crippen molar-refractivity contribution in [1.29, 1.82) is 0 Å². The van der Waals surface area contributed by atoms with Crippen LogP contribution in [0.15, 0.2) is 187 Å². The number of para-hydroxylation sites is 6. The second-order valence-corrected chi connectivity index (χ2v) is 11.4. The van der Waals surface area contributed by atoms with Gasteiger partial charge < -0.3 is 13.9 Å². The van der Waals surface area contributed by atoms with E-state index in [-0.39, 0.29) is 10.6 Å². The summed E-state index contributed by atoms with van der Waals surface area (Å²) in [4.78, 5) is 0. The third-order valence-corrected chi connectivity index (χ3v) is 8.30. The smallest absolute Gasteiger partial charge is 0.129 e.